The summed E-state index contributed by atoms with van der Waals surface area (Å²) in [6.45, 7) is 1.52. The number of carbonyl (C=O) groups excluding carboxylic acids is 2. The molecule has 0 saturated heterocycles. The highest BCUT2D eigenvalue weighted by atomic mass is 19.1. The number of amides is 1. The molecule has 0 spiro atoms. The molecule has 1 N–H and O–H groups in total. The van der Waals surface area contributed by atoms with Gasteiger partial charge in [-0.05, 0) is 18.2 Å². The van der Waals surface area contributed by atoms with Gasteiger partial charge in [0.05, 0.1) is 12.1 Å². The van der Waals surface area contributed by atoms with Crippen LogP contribution in [-0.4, -0.2) is 18.7 Å². The molecule has 0 bridgehead atoms. The zero-order chi connectivity index (χ0) is 12.0. The minimum atomic E-state index is -0.485. The molecule has 0 radical (unpaired) electrons. The van der Waals surface area contributed by atoms with Gasteiger partial charge in [0, 0.05) is 12.5 Å². The Kier molecular flexibility index (Phi) is 4.22. The van der Waals surface area contributed by atoms with E-state index >= 15 is 0 Å². The van der Waals surface area contributed by atoms with Crippen molar-refractivity contribution in [1.82, 2.24) is 5.32 Å². The smallest absolute Gasteiger partial charge is 0.217 e. The molecule has 1 rings (SSSR count). The Morgan fingerprint density at radius 3 is 2.94 bits per heavy atom. The topological polar surface area (TPSA) is 46.2 Å². The van der Waals surface area contributed by atoms with E-state index in [0.717, 1.165) is 0 Å². The molecular weight excluding hydrogens is 209 g/mol. The molecule has 0 unspecified atom stereocenters. The number of hydrogen-bond donors (Lipinski definition) is 1. The summed E-state index contributed by atoms with van der Waals surface area (Å²) in [6.07, 6.45) is 0.623. The van der Waals surface area contributed by atoms with Crippen molar-refractivity contribution >= 4 is 12.2 Å². The molecule has 0 heterocycles. The normalized spacial score (nSPS) is 8.88. The Labute approximate surface area is 92.7 Å². The third kappa shape index (κ3) is 3.54. The summed E-state index contributed by atoms with van der Waals surface area (Å²) < 4.78 is 13.2. The van der Waals surface area contributed by atoms with Crippen molar-refractivity contribution in [3.05, 3.63) is 35.1 Å². The first-order valence-electron chi connectivity index (χ1n) is 4.61. The Balaban J connectivity index is 2.79. The highest BCUT2D eigenvalue weighted by molar-refractivity contribution is 5.75. The van der Waals surface area contributed by atoms with E-state index in [1.165, 1.54) is 25.1 Å². The molecule has 4 heteroatoms. The first-order chi connectivity index (χ1) is 7.63. The number of halogens is 1. The van der Waals surface area contributed by atoms with Gasteiger partial charge in [-0.15, -0.1) is 0 Å². The quantitative estimate of drug-likeness (QED) is 0.598. The lowest BCUT2D eigenvalue weighted by atomic mass is 10.1. The average molecular weight is 219 g/mol. The van der Waals surface area contributed by atoms with Crippen LogP contribution in [0.1, 0.15) is 22.8 Å². The third-order valence-corrected chi connectivity index (χ3v) is 1.78. The van der Waals surface area contributed by atoms with Gasteiger partial charge in [0.15, 0.2) is 0 Å². The van der Waals surface area contributed by atoms with Crippen LogP contribution in [0.25, 0.3) is 0 Å². The van der Waals surface area contributed by atoms with E-state index in [9.17, 15) is 14.0 Å². The number of aldehydes is 1. The number of benzene rings is 1. The van der Waals surface area contributed by atoms with Gasteiger partial charge in [-0.25, -0.2) is 4.39 Å². The van der Waals surface area contributed by atoms with Gasteiger partial charge >= 0.3 is 0 Å². The first kappa shape index (κ1) is 11.9. The van der Waals surface area contributed by atoms with Crippen molar-refractivity contribution in [2.24, 2.45) is 0 Å². The van der Waals surface area contributed by atoms with Crippen molar-refractivity contribution in [1.29, 1.82) is 0 Å². The Hall–Kier alpha value is -2.15. The summed E-state index contributed by atoms with van der Waals surface area (Å²) in [5, 5.41) is 2.46. The molecule has 0 aromatic heterocycles. The number of nitrogens with one attached hydrogen (secondary N) is 1. The second-order valence-corrected chi connectivity index (χ2v) is 3.07. The molecule has 16 heavy (non-hydrogen) atoms. The van der Waals surface area contributed by atoms with Crippen molar-refractivity contribution in [2.45, 2.75) is 6.92 Å². The van der Waals surface area contributed by atoms with Gasteiger partial charge in [-0.1, -0.05) is 11.8 Å². The fraction of sp³-hybridized carbons (Fsp3) is 0.167. The van der Waals surface area contributed by atoms with Crippen LogP contribution in [0.5, 0.6) is 0 Å². The SMILES string of the molecule is CC(=O)NCC#Cc1cc(C=O)ccc1F. The predicted octanol–water partition coefficient (Wildman–Crippen LogP) is 1.13. The number of carbonyl (C=O) groups is 2. The molecule has 0 atom stereocenters. The second kappa shape index (κ2) is 5.66. The lowest BCUT2D eigenvalue weighted by Crippen LogP contribution is -2.19. The standard InChI is InChI=1S/C12H10FNO2/c1-9(16)14-6-2-3-11-7-10(8-15)4-5-12(11)13/h4-5,7-8H,6H2,1H3,(H,14,16). The zero-order valence-electron chi connectivity index (χ0n) is 8.71. The molecule has 0 aliphatic carbocycles. The van der Waals surface area contributed by atoms with E-state index < -0.39 is 5.82 Å². The third-order valence-electron chi connectivity index (χ3n) is 1.78. The Morgan fingerprint density at radius 2 is 2.31 bits per heavy atom. The number of hydrogen-bond acceptors (Lipinski definition) is 2. The van der Waals surface area contributed by atoms with E-state index in [0.29, 0.717) is 11.8 Å². The highest BCUT2D eigenvalue weighted by Gasteiger charge is 1.99. The fourth-order valence-electron chi connectivity index (χ4n) is 1.02. The van der Waals surface area contributed by atoms with Crippen molar-refractivity contribution in [3.8, 4) is 11.8 Å². The maximum atomic E-state index is 13.2. The lowest BCUT2D eigenvalue weighted by Gasteiger charge is -1.95. The summed E-state index contributed by atoms with van der Waals surface area (Å²) >= 11 is 0. The summed E-state index contributed by atoms with van der Waals surface area (Å²) in [5.41, 5.74) is 0.514. The van der Waals surface area contributed by atoms with E-state index in [4.69, 9.17) is 0 Å². The molecule has 3 nitrogen and oxygen atoms in total. The van der Waals surface area contributed by atoms with E-state index in [1.807, 2.05) is 0 Å². The molecule has 0 saturated carbocycles. The lowest BCUT2D eigenvalue weighted by molar-refractivity contribution is -0.118. The summed E-state index contributed by atoms with van der Waals surface area (Å²) in [5.74, 6) is 4.45. The van der Waals surface area contributed by atoms with Crippen molar-refractivity contribution in [2.75, 3.05) is 6.54 Å². The van der Waals surface area contributed by atoms with Crippen molar-refractivity contribution in [3.63, 3.8) is 0 Å². The average Bonchev–Trinajstić information content (AvgIpc) is 2.26. The zero-order valence-corrected chi connectivity index (χ0v) is 8.71. The van der Waals surface area contributed by atoms with Crippen LogP contribution in [0.3, 0.4) is 0 Å². The van der Waals surface area contributed by atoms with E-state index in [1.54, 1.807) is 0 Å². The van der Waals surface area contributed by atoms with Crippen LogP contribution < -0.4 is 5.32 Å². The van der Waals surface area contributed by atoms with Gasteiger partial charge in [-0.3, -0.25) is 9.59 Å². The summed E-state index contributed by atoms with van der Waals surface area (Å²) in [4.78, 5) is 21.0. The van der Waals surface area contributed by atoms with Crippen LogP contribution in [0.15, 0.2) is 18.2 Å². The highest BCUT2D eigenvalue weighted by Crippen LogP contribution is 2.07. The van der Waals surface area contributed by atoms with Crippen LogP contribution in [0.4, 0.5) is 4.39 Å². The first-order valence-corrected chi connectivity index (χ1v) is 4.61. The van der Waals surface area contributed by atoms with Gasteiger partial charge in [-0.2, -0.15) is 0 Å². The van der Waals surface area contributed by atoms with E-state index in [2.05, 4.69) is 17.2 Å². The molecule has 0 aliphatic heterocycles. The summed E-state index contributed by atoms with van der Waals surface area (Å²) in [6, 6.07) is 3.93. The monoisotopic (exact) mass is 219 g/mol. The molecule has 0 aliphatic rings. The van der Waals surface area contributed by atoms with Gasteiger partial charge in [0.2, 0.25) is 5.91 Å². The van der Waals surface area contributed by atoms with Crippen LogP contribution in [0, 0.1) is 17.7 Å². The number of rotatable bonds is 2. The van der Waals surface area contributed by atoms with Crippen LogP contribution in [0.2, 0.25) is 0 Å². The fourth-order valence-corrected chi connectivity index (χ4v) is 1.02. The Morgan fingerprint density at radius 1 is 1.56 bits per heavy atom. The van der Waals surface area contributed by atoms with E-state index in [-0.39, 0.29) is 18.0 Å². The molecular formula is C12H10FNO2. The van der Waals surface area contributed by atoms with Crippen LogP contribution in [-0.2, 0) is 4.79 Å². The molecule has 0 fully saturated rings. The molecule has 1 aromatic carbocycles. The molecule has 82 valence electrons. The van der Waals surface area contributed by atoms with Gasteiger partial charge in [0.25, 0.3) is 0 Å². The predicted molar refractivity (Wildman–Crippen MR) is 57.3 cm³/mol. The minimum Gasteiger partial charge on any atom is -0.345 e. The van der Waals surface area contributed by atoms with Crippen molar-refractivity contribution < 1.29 is 14.0 Å². The second-order valence-electron chi connectivity index (χ2n) is 3.07. The molecule has 1 amide bonds. The summed E-state index contributed by atoms with van der Waals surface area (Å²) in [7, 11) is 0. The largest absolute Gasteiger partial charge is 0.345 e. The minimum absolute atomic E-state index is 0.148. The molecule has 1 aromatic rings. The van der Waals surface area contributed by atoms with Crippen LogP contribution >= 0.6 is 0 Å². The van der Waals surface area contributed by atoms with Gasteiger partial charge in [0.1, 0.15) is 12.1 Å². The maximum absolute atomic E-state index is 13.2. The maximum Gasteiger partial charge on any atom is 0.217 e. The van der Waals surface area contributed by atoms with Gasteiger partial charge < -0.3 is 5.32 Å². The Bertz CT molecular complexity index is 472.